The van der Waals surface area contributed by atoms with Gasteiger partial charge in [-0.15, -0.1) is 11.6 Å². The number of aromatic nitrogens is 1. The highest BCUT2D eigenvalue weighted by Gasteiger charge is 2.09. The van der Waals surface area contributed by atoms with Gasteiger partial charge in [0.15, 0.2) is 0 Å². The van der Waals surface area contributed by atoms with E-state index in [2.05, 4.69) is 4.98 Å². The quantitative estimate of drug-likeness (QED) is 0.804. The summed E-state index contributed by atoms with van der Waals surface area (Å²) in [4.78, 5) is 4.51. The molecule has 1 aromatic heterocycles. The fraction of sp³-hybridized carbons (Fsp3) is 0.250. The summed E-state index contributed by atoms with van der Waals surface area (Å²) in [5, 5.41) is 0.912. The molecule has 0 amide bonds. The fourth-order valence-corrected chi connectivity index (χ4v) is 1.86. The van der Waals surface area contributed by atoms with E-state index in [9.17, 15) is 0 Å². The molecule has 0 radical (unpaired) electrons. The number of fused-ring (bicyclic) bond motifs is 1. The summed E-state index contributed by atoms with van der Waals surface area (Å²) in [5.74, 6) is 0.605. The van der Waals surface area contributed by atoms with Crippen molar-refractivity contribution in [2.24, 2.45) is 0 Å². The van der Waals surface area contributed by atoms with Crippen molar-refractivity contribution >= 4 is 33.9 Å². The predicted octanol–water partition coefficient (Wildman–Crippen LogP) is 2.57. The van der Waals surface area contributed by atoms with Crippen LogP contribution >= 0.6 is 11.6 Å². The Morgan fingerprint density at radius 3 is 2.62 bits per heavy atom. The summed E-state index contributed by atoms with van der Waals surface area (Å²) in [5.41, 5.74) is 14.9. The van der Waals surface area contributed by atoms with Gasteiger partial charge in [0.1, 0.15) is 0 Å². The van der Waals surface area contributed by atoms with E-state index in [1.54, 1.807) is 0 Å². The van der Waals surface area contributed by atoms with Crippen LogP contribution in [0.2, 0.25) is 0 Å². The summed E-state index contributed by atoms with van der Waals surface area (Å²) in [6.45, 7) is 0. The normalized spacial score (nSPS) is 10.8. The van der Waals surface area contributed by atoms with E-state index in [1.807, 2.05) is 24.3 Å². The zero-order valence-electron chi connectivity index (χ0n) is 8.91. The third-order valence-corrected chi connectivity index (χ3v) is 2.87. The molecule has 3 nitrogen and oxygen atoms in total. The molecule has 16 heavy (non-hydrogen) atoms. The third-order valence-electron chi connectivity index (χ3n) is 2.60. The molecule has 84 valence electrons. The Morgan fingerprint density at radius 2 is 1.88 bits per heavy atom. The molecular weight excluding hydrogens is 222 g/mol. The van der Waals surface area contributed by atoms with E-state index in [4.69, 9.17) is 23.1 Å². The molecule has 0 unspecified atom stereocenters. The zero-order chi connectivity index (χ0) is 11.5. The second-order valence-corrected chi connectivity index (χ2v) is 4.07. The minimum absolute atomic E-state index is 0.587. The summed E-state index contributed by atoms with van der Waals surface area (Å²) in [7, 11) is 0. The number of nitrogens with two attached hydrogens (primary N) is 2. The zero-order valence-corrected chi connectivity index (χ0v) is 9.67. The molecule has 1 heterocycles. The Hall–Kier alpha value is -1.48. The summed E-state index contributed by atoms with van der Waals surface area (Å²) in [6.07, 6.45) is 1.63. The van der Waals surface area contributed by atoms with Crippen molar-refractivity contribution in [3.8, 4) is 0 Å². The Labute approximate surface area is 99.4 Å². The molecule has 2 rings (SSSR count). The molecular formula is C12H14ClN3. The summed E-state index contributed by atoms with van der Waals surface area (Å²) in [6, 6.07) is 7.74. The maximum absolute atomic E-state index is 5.99. The number of benzene rings is 1. The van der Waals surface area contributed by atoms with Crippen LogP contribution in [0.3, 0.4) is 0 Å². The van der Waals surface area contributed by atoms with Gasteiger partial charge in [-0.2, -0.15) is 0 Å². The molecule has 1 aromatic carbocycles. The van der Waals surface area contributed by atoms with E-state index in [-0.39, 0.29) is 0 Å². The van der Waals surface area contributed by atoms with Gasteiger partial charge in [0.05, 0.1) is 22.6 Å². The highest BCUT2D eigenvalue weighted by Crippen LogP contribution is 2.28. The van der Waals surface area contributed by atoms with Gasteiger partial charge in [-0.1, -0.05) is 18.2 Å². The molecule has 0 saturated carbocycles. The number of nitrogen functional groups attached to an aromatic ring is 2. The van der Waals surface area contributed by atoms with Crippen LogP contribution in [-0.2, 0) is 6.42 Å². The molecule has 0 bridgehead atoms. The lowest BCUT2D eigenvalue weighted by atomic mass is 10.1. The maximum Gasteiger partial charge on any atom is 0.0773 e. The van der Waals surface area contributed by atoms with E-state index in [0.717, 1.165) is 29.4 Å². The lowest BCUT2D eigenvalue weighted by Crippen LogP contribution is -2.04. The van der Waals surface area contributed by atoms with Crippen molar-refractivity contribution in [3.05, 3.63) is 30.0 Å². The fourth-order valence-electron chi connectivity index (χ4n) is 1.73. The number of rotatable bonds is 3. The number of hydrogen-bond donors (Lipinski definition) is 2. The van der Waals surface area contributed by atoms with Crippen molar-refractivity contribution in [1.29, 1.82) is 0 Å². The van der Waals surface area contributed by atoms with Gasteiger partial charge in [0, 0.05) is 11.3 Å². The van der Waals surface area contributed by atoms with E-state index >= 15 is 0 Å². The molecule has 2 aromatic rings. The first kappa shape index (κ1) is 11.0. The molecule has 4 heteroatoms. The van der Waals surface area contributed by atoms with E-state index in [1.165, 1.54) is 0 Å². The minimum Gasteiger partial charge on any atom is -0.396 e. The molecule has 4 N–H and O–H groups in total. The number of para-hydroxylation sites is 1. The molecule has 0 aliphatic carbocycles. The van der Waals surface area contributed by atoms with Crippen molar-refractivity contribution in [2.45, 2.75) is 12.8 Å². The highest BCUT2D eigenvalue weighted by molar-refractivity contribution is 6.17. The number of pyridine rings is 1. The summed E-state index contributed by atoms with van der Waals surface area (Å²) < 4.78 is 0. The van der Waals surface area contributed by atoms with Crippen LogP contribution in [-0.4, -0.2) is 10.9 Å². The van der Waals surface area contributed by atoms with Gasteiger partial charge in [-0.3, -0.25) is 4.98 Å². The van der Waals surface area contributed by atoms with Crippen molar-refractivity contribution in [3.63, 3.8) is 0 Å². The number of hydrogen-bond acceptors (Lipinski definition) is 3. The van der Waals surface area contributed by atoms with Gasteiger partial charge in [-0.25, -0.2) is 0 Å². The first-order chi connectivity index (χ1) is 7.74. The maximum atomic E-state index is 5.99. The van der Waals surface area contributed by atoms with Crippen molar-refractivity contribution < 1.29 is 0 Å². The topological polar surface area (TPSA) is 64.9 Å². The van der Waals surface area contributed by atoms with E-state index in [0.29, 0.717) is 17.3 Å². The monoisotopic (exact) mass is 235 g/mol. The van der Waals surface area contributed by atoms with Crippen LogP contribution in [0.5, 0.6) is 0 Å². The van der Waals surface area contributed by atoms with Gasteiger partial charge in [-0.05, 0) is 18.9 Å². The van der Waals surface area contributed by atoms with Gasteiger partial charge in [0.25, 0.3) is 0 Å². The smallest absolute Gasteiger partial charge is 0.0773 e. The molecule has 0 saturated heterocycles. The number of halogens is 1. The predicted molar refractivity (Wildman–Crippen MR) is 69.6 cm³/mol. The lowest BCUT2D eigenvalue weighted by Gasteiger charge is -2.10. The number of aryl methyl sites for hydroxylation is 1. The van der Waals surface area contributed by atoms with Crippen LogP contribution < -0.4 is 11.5 Å². The second kappa shape index (κ2) is 4.58. The Balaban J connectivity index is 2.55. The molecule has 0 spiro atoms. The minimum atomic E-state index is 0.587. The highest BCUT2D eigenvalue weighted by atomic mass is 35.5. The third kappa shape index (κ3) is 1.91. The first-order valence-corrected chi connectivity index (χ1v) is 5.76. The van der Waals surface area contributed by atoms with Gasteiger partial charge < -0.3 is 11.5 Å². The average molecular weight is 236 g/mol. The van der Waals surface area contributed by atoms with Crippen LogP contribution in [0.4, 0.5) is 11.4 Å². The Morgan fingerprint density at radius 1 is 1.12 bits per heavy atom. The first-order valence-electron chi connectivity index (χ1n) is 5.22. The van der Waals surface area contributed by atoms with Crippen LogP contribution in [0.1, 0.15) is 12.1 Å². The molecule has 0 aliphatic rings. The SMILES string of the molecule is Nc1c(CCCCl)nc2ccccc2c1N. The van der Waals surface area contributed by atoms with Crippen molar-refractivity contribution in [1.82, 2.24) is 4.98 Å². The van der Waals surface area contributed by atoms with Crippen LogP contribution in [0.25, 0.3) is 10.9 Å². The second-order valence-electron chi connectivity index (χ2n) is 3.70. The van der Waals surface area contributed by atoms with Crippen LogP contribution in [0, 0.1) is 0 Å². The number of nitrogens with zero attached hydrogens (tertiary/aromatic N) is 1. The standard InChI is InChI=1S/C12H14ClN3/c13-7-3-6-10-12(15)11(14)8-4-1-2-5-9(8)16-10/h1-2,4-5H,3,6-7,15H2,(H2,14,16). The number of alkyl halides is 1. The van der Waals surface area contributed by atoms with Gasteiger partial charge >= 0.3 is 0 Å². The van der Waals surface area contributed by atoms with Gasteiger partial charge in [0.2, 0.25) is 0 Å². The van der Waals surface area contributed by atoms with Crippen LogP contribution in [0.15, 0.2) is 24.3 Å². The van der Waals surface area contributed by atoms with Crippen molar-refractivity contribution in [2.75, 3.05) is 17.3 Å². The Bertz CT molecular complexity index is 511. The lowest BCUT2D eigenvalue weighted by molar-refractivity contribution is 0.899. The molecule has 0 fully saturated rings. The largest absolute Gasteiger partial charge is 0.396 e. The van der Waals surface area contributed by atoms with E-state index < -0.39 is 0 Å². The molecule has 0 aliphatic heterocycles. The average Bonchev–Trinajstić information content (AvgIpc) is 2.32. The Kier molecular flexibility index (Phi) is 3.15. The number of anilines is 2. The summed E-state index contributed by atoms with van der Waals surface area (Å²) >= 11 is 5.66. The molecule has 0 atom stereocenters.